The molecule has 0 atom stereocenters. The van der Waals surface area contributed by atoms with Gasteiger partial charge in [-0.25, -0.2) is 0 Å². The number of anilines is 3. The summed E-state index contributed by atoms with van der Waals surface area (Å²) in [7, 11) is 0. The average molecular weight is 528 g/mol. The van der Waals surface area contributed by atoms with E-state index in [0.717, 1.165) is 50.3 Å². The molecule has 0 saturated carbocycles. The van der Waals surface area contributed by atoms with E-state index in [2.05, 4.69) is 127 Å². The molecule has 3 aliphatic heterocycles. The van der Waals surface area contributed by atoms with Crippen LogP contribution in [0.25, 0.3) is 44.1 Å². The smallest absolute Gasteiger partial charge is 0.333 e. The summed E-state index contributed by atoms with van der Waals surface area (Å²) in [5.74, 6) is 1.78. The Bertz CT molecular complexity index is 2300. The maximum atomic E-state index is 6.60. The fraction of sp³-hybridized carbons (Fsp3) is 0.111. The van der Waals surface area contributed by atoms with Crippen molar-refractivity contribution in [2.24, 2.45) is 0 Å². The van der Waals surface area contributed by atoms with Crippen molar-refractivity contribution in [3.63, 3.8) is 0 Å². The van der Waals surface area contributed by atoms with Crippen LogP contribution in [0.5, 0.6) is 11.5 Å². The third kappa shape index (κ3) is 2.54. The highest BCUT2D eigenvalue weighted by atomic mass is 16.5. The van der Waals surface area contributed by atoms with Crippen molar-refractivity contribution in [2.75, 3.05) is 4.90 Å². The number of benzene rings is 5. The molecule has 0 radical (unpaired) electrons. The molecular formula is C36H25BN2O2. The van der Waals surface area contributed by atoms with E-state index in [9.17, 15) is 0 Å². The molecule has 0 N–H and O–H groups in total. The monoisotopic (exact) mass is 528 g/mol. The van der Waals surface area contributed by atoms with Gasteiger partial charge in [0.05, 0.1) is 16.9 Å². The number of ether oxygens (including phenoxy) is 1. The Balaban J connectivity index is 1.45. The largest absolute Gasteiger partial charge is 0.454 e. The lowest BCUT2D eigenvalue weighted by Gasteiger charge is -2.43. The number of para-hydroxylation sites is 5. The van der Waals surface area contributed by atoms with Crippen LogP contribution < -0.4 is 20.6 Å². The Morgan fingerprint density at radius 2 is 1.46 bits per heavy atom. The zero-order chi connectivity index (χ0) is 27.2. The molecule has 10 rings (SSSR count). The molecule has 0 aliphatic carbocycles. The van der Waals surface area contributed by atoms with Gasteiger partial charge in [0.2, 0.25) is 0 Å². The summed E-state index contributed by atoms with van der Waals surface area (Å²) in [5, 5.41) is 2.31. The van der Waals surface area contributed by atoms with Crippen LogP contribution in [0.1, 0.15) is 26.3 Å². The lowest BCUT2D eigenvalue weighted by molar-refractivity contribution is 0.477. The Kier molecular flexibility index (Phi) is 3.76. The zero-order valence-electron chi connectivity index (χ0n) is 23.0. The molecule has 5 heteroatoms. The maximum Gasteiger partial charge on any atom is 0.333 e. The van der Waals surface area contributed by atoms with E-state index >= 15 is 0 Å². The third-order valence-electron chi connectivity index (χ3n) is 9.29. The number of hydrogen-bond donors (Lipinski definition) is 0. The standard InChI is InChI=1S/C36H25BN2O2/c1-36(2,3)20-18-24-21-11-8-12-23-32(21)39(33-22-10-4-6-15-28(22)41-35(23)33)37-25-13-9-17-30-34(25)38(27(19-20)31(24)37)26-14-5-7-16-29(26)40-30/h4-19H,1-3H3. The van der Waals surface area contributed by atoms with Crippen LogP contribution in [-0.2, 0) is 5.41 Å². The number of furan rings is 1. The molecule has 5 heterocycles. The minimum Gasteiger partial charge on any atom is -0.454 e. The second kappa shape index (κ2) is 7.05. The molecule has 7 aromatic rings. The van der Waals surface area contributed by atoms with Crippen LogP contribution >= 0.6 is 0 Å². The van der Waals surface area contributed by atoms with Gasteiger partial charge in [-0.05, 0) is 69.9 Å². The van der Waals surface area contributed by atoms with Gasteiger partial charge in [-0.3, -0.25) is 0 Å². The molecule has 0 amide bonds. The maximum absolute atomic E-state index is 6.60. The highest BCUT2D eigenvalue weighted by Gasteiger charge is 2.46. The second-order valence-electron chi connectivity index (χ2n) is 12.6. The van der Waals surface area contributed by atoms with E-state index in [1.807, 2.05) is 0 Å². The Morgan fingerprint density at radius 1 is 0.683 bits per heavy atom. The predicted octanol–water partition coefficient (Wildman–Crippen LogP) is 8.36. The van der Waals surface area contributed by atoms with E-state index < -0.39 is 0 Å². The molecular weight excluding hydrogens is 503 g/mol. The first kappa shape index (κ1) is 21.9. The van der Waals surface area contributed by atoms with Crippen LogP contribution in [0.15, 0.2) is 101 Å². The molecule has 4 nitrogen and oxygen atoms in total. The van der Waals surface area contributed by atoms with Gasteiger partial charge in [0.15, 0.2) is 17.1 Å². The quantitative estimate of drug-likeness (QED) is 0.185. The van der Waals surface area contributed by atoms with E-state index in [1.54, 1.807) is 0 Å². The molecule has 5 aromatic carbocycles. The minimum atomic E-state index is -0.0240. The predicted molar refractivity (Wildman–Crippen MR) is 169 cm³/mol. The van der Waals surface area contributed by atoms with Gasteiger partial charge in [-0.15, -0.1) is 0 Å². The summed E-state index contributed by atoms with van der Waals surface area (Å²) in [6.07, 6.45) is 0. The van der Waals surface area contributed by atoms with Gasteiger partial charge >= 0.3 is 6.85 Å². The number of fused-ring (bicyclic) bond motifs is 11. The van der Waals surface area contributed by atoms with Gasteiger partial charge in [0.25, 0.3) is 0 Å². The van der Waals surface area contributed by atoms with Crippen molar-refractivity contribution in [3.05, 3.63) is 103 Å². The van der Waals surface area contributed by atoms with E-state index in [0.29, 0.717) is 0 Å². The Hall–Kier alpha value is -4.90. The Labute approximate surface area is 237 Å². The highest BCUT2D eigenvalue weighted by Crippen LogP contribution is 2.54. The lowest BCUT2D eigenvalue weighted by Crippen LogP contribution is -2.57. The highest BCUT2D eigenvalue weighted by molar-refractivity contribution is 6.90. The van der Waals surface area contributed by atoms with E-state index in [4.69, 9.17) is 9.15 Å². The van der Waals surface area contributed by atoms with Gasteiger partial charge in [0.1, 0.15) is 5.58 Å². The molecule has 3 aliphatic rings. The summed E-state index contributed by atoms with van der Waals surface area (Å²) in [6, 6.07) is 34.9. The second-order valence-corrected chi connectivity index (χ2v) is 12.6. The van der Waals surface area contributed by atoms with Crippen LogP contribution in [0.2, 0.25) is 0 Å². The third-order valence-corrected chi connectivity index (χ3v) is 9.29. The molecule has 0 spiro atoms. The normalized spacial score (nSPS) is 14.3. The first-order valence-corrected chi connectivity index (χ1v) is 14.3. The number of aromatic nitrogens is 1. The topological polar surface area (TPSA) is 30.5 Å². The SMILES string of the molecule is CC(C)(C)c1cc2c3c(c1)N1c4ccccc4Oc4cccc(c41)B3n1c3c-2cccc3c2oc3ccccc3c21. The van der Waals surface area contributed by atoms with Crippen LogP contribution in [-0.4, -0.2) is 11.3 Å². The number of nitrogens with zero attached hydrogens (tertiary/aromatic N) is 2. The average Bonchev–Trinajstić information content (AvgIpc) is 3.51. The molecule has 0 bridgehead atoms. The van der Waals surface area contributed by atoms with Crippen LogP contribution in [0.3, 0.4) is 0 Å². The molecule has 0 unspecified atom stereocenters. The summed E-state index contributed by atoms with van der Waals surface area (Å²) in [4.78, 5) is 2.45. The van der Waals surface area contributed by atoms with Gasteiger partial charge in [-0.1, -0.05) is 75.4 Å². The van der Waals surface area contributed by atoms with Gasteiger partial charge in [-0.2, -0.15) is 0 Å². The summed E-state index contributed by atoms with van der Waals surface area (Å²) < 4.78 is 15.7. The summed E-state index contributed by atoms with van der Waals surface area (Å²) >= 11 is 0. The van der Waals surface area contributed by atoms with Crippen molar-refractivity contribution in [1.82, 2.24) is 4.48 Å². The molecule has 194 valence electrons. The lowest BCUT2D eigenvalue weighted by atomic mass is 9.44. The summed E-state index contributed by atoms with van der Waals surface area (Å²) in [6.45, 7) is 6.89. The first-order chi connectivity index (χ1) is 20.0. The molecule has 2 aromatic heterocycles. The van der Waals surface area contributed by atoms with E-state index in [1.165, 1.54) is 38.8 Å². The fourth-order valence-electron chi connectivity index (χ4n) is 7.52. The van der Waals surface area contributed by atoms with Crippen molar-refractivity contribution in [3.8, 4) is 22.6 Å². The van der Waals surface area contributed by atoms with Crippen molar-refractivity contribution < 1.29 is 9.15 Å². The zero-order valence-corrected chi connectivity index (χ0v) is 23.0. The van der Waals surface area contributed by atoms with Crippen molar-refractivity contribution in [2.45, 2.75) is 26.2 Å². The molecule has 0 saturated heterocycles. The van der Waals surface area contributed by atoms with Gasteiger partial charge < -0.3 is 18.5 Å². The minimum absolute atomic E-state index is 0.0232. The van der Waals surface area contributed by atoms with Crippen molar-refractivity contribution >= 4 is 67.8 Å². The van der Waals surface area contributed by atoms with E-state index in [-0.39, 0.29) is 12.3 Å². The summed E-state index contributed by atoms with van der Waals surface area (Å²) in [5.41, 5.74) is 14.2. The van der Waals surface area contributed by atoms with Gasteiger partial charge in [0, 0.05) is 27.5 Å². The number of rotatable bonds is 0. The molecule has 0 fully saturated rings. The Morgan fingerprint density at radius 3 is 2.37 bits per heavy atom. The number of hydrogen-bond acceptors (Lipinski definition) is 3. The fourth-order valence-corrected chi connectivity index (χ4v) is 7.52. The van der Waals surface area contributed by atoms with Crippen LogP contribution in [0, 0.1) is 0 Å². The van der Waals surface area contributed by atoms with Crippen molar-refractivity contribution in [1.29, 1.82) is 0 Å². The van der Waals surface area contributed by atoms with Crippen LogP contribution in [0.4, 0.5) is 17.1 Å². The molecule has 41 heavy (non-hydrogen) atoms. The first-order valence-electron chi connectivity index (χ1n) is 14.3.